The highest BCUT2D eigenvalue weighted by atomic mass is 16.2. The molecule has 6 nitrogen and oxygen atoms in total. The smallest absolute Gasteiger partial charge is 0.222 e. The Bertz CT molecular complexity index is 701. The summed E-state index contributed by atoms with van der Waals surface area (Å²) >= 11 is 0. The number of nitrogens with zero attached hydrogens (tertiary/aromatic N) is 4. The second-order valence-electron chi connectivity index (χ2n) is 5.47. The van der Waals surface area contributed by atoms with Gasteiger partial charge in [-0.3, -0.25) is 4.79 Å². The Kier molecular flexibility index (Phi) is 3.79. The number of benzene rings is 1. The zero-order valence-electron chi connectivity index (χ0n) is 11.7. The summed E-state index contributed by atoms with van der Waals surface area (Å²) in [5.41, 5.74) is 10.7. The van der Waals surface area contributed by atoms with Gasteiger partial charge in [0.15, 0.2) is 0 Å². The number of aromatic nitrogens is 1. The average molecular weight is 283 g/mol. The van der Waals surface area contributed by atoms with Crippen molar-refractivity contribution in [3.63, 3.8) is 0 Å². The fraction of sp³-hybridized carbons (Fsp3) is 0.400. The molecule has 1 unspecified atom stereocenters. The molecule has 1 aliphatic rings. The van der Waals surface area contributed by atoms with Gasteiger partial charge >= 0.3 is 0 Å². The van der Waals surface area contributed by atoms with Crippen LogP contribution in [0.15, 0.2) is 35.6 Å². The van der Waals surface area contributed by atoms with Crippen molar-refractivity contribution in [3.05, 3.63) is 46.5 Å². The third kappa shape index (κ3) is 3.01. The van der Waals surface area contributed by atoms with Crippen LogP contribution in [0, 0.1) is 5.92 Å². The molecule has 1 amide bonds. The molecule has 0 spiro atoms. The molecule has 1 aliphatic heterocycles. The number of nitrogens with one attached hydrogen (secondary N) is 1. The van der Waals surface area contributed by atoms with Crippen LogP contribution in [0.2, 0.25) is 0 Å². The van der Waals surface area contributed by atoms with Gasteiger partial charge in [0.2, 0.25) is 5.91 Å². The van der Waals surface area contributed by atoms with Gasteiger partial charge in [-0.15, -0.1) is 0 Å². The van der Waals surface area contributed by atoms with E-state index in [1.54, 1.807) is 0 Å². The molecule has 3 rings (SSSR count). The van der Waals surface area contributed by atoms with E-state index in [-0.39, 0.29) is 11.8 Å². The van der Waals surface area contributed by atoms with Gasteiger partial charge in [0, 0.05) is 42.7 Å². The molecule has 108 valence electrons. The molecule has 1 atom stereocenters. The normalized spacial score (nSPS) is 18.2. The lowest BCUT2D eigenvalue weighted by Gasteiger charge is -2.16. The Labute approximate surface area is 122 Å². The molecule has 21 heavy (non-hydrogen) atoms. The van der Waals surface area contributed by atoms with Gasteiger partial charge in [0.25, 0.3) is 0 Å². The lowest BCUT2D eigenvalue weighted by atomic mass is 10.1. The van der Waals surface area contributed by atoms with E-state index in [1.807, 2.05) is 11.1 Å². The number of H-pyrrole nitrogens is 1. The van der Waals surface area contributed by atoms with Crippen LogP contribution >= 0.6 is 0 Å². The van der Waals surface area contributed by atoms with Crippen molar-refractivity contribution in [2.45, 2.75) is 12.8 Å². The maximum Gasteiger partial charge on any atom is 0.222 e. The van der Waals surface area contributed by atoms with Crippen molar-refractivity contribution in [3.8, 4) is 0 Å². The van der Waals surface area contributed by atoms with E-state index in [9.17, 15) is 4.79 Å². The third-order valence-electron chi connectivity index (χ3n) is 3.99. The van der Waals surface area contributed by atoms with Gasteiger partial charge in [-0.05, 0) is 47.0 Å². The van der Waals surface area contributed by atoms with Gasteiger partial charge in [-0.1, -0.05) is 11.2 Å². The average Bonchev–Trinajstić information content (AvgIpc) is 3.08. The lowest BCUT2D eigenvalue weighted by Crippen LogP contribution is -2.27. The predicted molar refractivity (Wildman–Crippen MR) is 80.7 cm³/mol. The molecule has 0 aliphatic carbocycles. The zero-order valence-corrected chi connectivity index (χ0v) is 11.7. The van der Waals surface area contributed by atoms with Crippen LogP contribution in [0.3, 0.4) is 0 Å². The monoisotopic (exact) mass is 283 g/mol. The highest BCUT2D eigenvalue weighted by Crippen LogP contribution is 2.20. The van der Waals surface area contributed by atoms with E-state index < -0.39 is 0 Å². The molecule has 0 radical (unpaired) electrons. The fourth-order valence-electron chi connectivity index (χ4n) is 2.87. The number of likely N-dealkylation sites (tertiary alicyclic amines) is 1. The summed E-state index contributed by atoms with van der Waals surface area (Å²) in [5.74, 6) is 0.330. The summed E-state index contributed by atoms with van der Waals surface area (Å²) in [6.45, 7) is 1.83. The van der Waals surface area contributed by atoms with E-state index in [0.717, 1.165) is 18.5 Å². The number of aromatic amines is 1. The molecule has 1 N–H and O–H groups in total. The molecule has 1 fully saturated rings. The van der Waals surface area contributed by atoms with E-state index >= 15 is 0 Å². The van der Waals surface area contributed by atoms with Crippen LogP contribution in [0.25, 0.3) is 21.3 Å². The van der Waals surface area contributed by atoms with Gasteiger partial charge in [-0.2, -0.15) is 0 Å². The molecular weight excluding hydrogens is 266 g/mol. The number of hydrogen-bond acceptors (Lipinski definition) is 2. The van der Waals surface area contributed by atoms with E-state index in [4.69, 9.17) is 5.53 Å². The molecule has 6 heteroatoms. The van der Waals surface area contributed by atoms with Crippen LogP contribution < -0.4 is 0 Å². The summed E-state index contributed by atoms with van der Waals surface area (Å²) in [7, 11) is 0. The number of carbonyl (C=O) groups is 1. The van der Waals surface area contributed by atoms with Gasteiger partial charge < -0.3 is 9.88 Å². The van der Waals surface area contributed by atoms with Crippen molar-refractivity contribution < 1.29 is 4.79 Å². The van der Waals surface area contributed by atoms with E-state index in [0.29, 0.717) is 19.5 Å². The minimum atomic E-state index is 0.163. The molecule has 0 saturated carbocycles. The van der Waals surface area contributed by atoms with Gasteiger partial charge in [-0.25, -0.2) is 0 Å². The highest BCUT2D eigenvalue weighted by Gasteiger charge is 2.28. The molecule has 1 aromatic carbocycles. The van der Waals surface area contributed by atoms with Crippen LogP contribution in [0.5, 0.6) is 0 Å². The summed E-state index contributed by atoms with van der Waals surface area (Å²) in [5, 5.41) is 4.76. The van der Waals surface area contributed by atoms with Crippen molar-refractivity contribution in [1.82, 2.24) is 9.88 Å². The highest BCUT2D eigenvalue weighted by molar-refractivity contribution is 5.80. The Morgan fingerprint density at radius 2 is 2.33 bits per heavy atom. The van der Waals surface area contributed by atoms with Crippen LogP contribution in [0.1, 0.15) is 12.0 Å². The molecule has 2 aromatic rings. The van der Waals surface area contributed by atoms with Crippen molar-refractivity contribution >= 4 is 16.8 Å². The maximum atomic E-state index is 11.9. The minimum Gasteiger partial charge on any atom is -0.361 e. The first-order valence-corrected chi connectivity index (χ1v) is 7.11. The van der Waals surface area contributed by atoms with Gasteiger partial charge in [0.1, 0.15) is 0 Å². The maximum absolute atomic E-state index is 11.9. The van der Waals surface area contributed by atoms with Crippen molar-refractivity contribution in [2.75, 3.05) is 19.6 Å². The van der Waals surface area contributed by atoms with Crippen molar-refractivity contribution in [1.29, 1.82) is 0 Å². The van der Waals surface area contributed by atoms with Crippen LogP contribution in [-0.4, -0.2) is 35.4 Å². The molecule has 2 heterocycles. The Morgan fingerprint density at radius 3 is 3.19 bits per heavy atom. The summed E-state index contributed by atoms with van der Waals surface area (Å²) in [6.07, 6.45) is 3.27. The summed E-state index contributed by atoms with van der Waals surface area (Å²) in [6, 6.07) is 8.37. The number of carbonyl (C=O) groups excluding carboxylic acids is 1. The molecule has 1 aromatic heterocycles. The standard InChI is InChI=1S/C15H17N5O/c16-19-18-9-12-8-15(21)20(10-12)6-4-11-1-2-14-13(7-11)3-5-17-14/h1-3,5,7,12,17H,4,6,8-10H2. The first kappa shape index (κ1) is 13.5. The molecule has 1 saturated heterocycles. The SMILES string of the molecule is [N-]=[N+]=NCC1CC(=O)N(CCc2ccc3[nH]ccc3c2)C1. The Hall–Kier alpha value is -2.46. The van der Waals surface area contributed by atoms with E-state index in [2.05, 4.69) is 39.3 Å². The van der Waals surface area contributed by atoms with Crippen LogP contribution in [0.4, 0.5) is 0 Å². The third-order valence-corrected chi connectivity index (χ3v) is 3.99. The number of rotatable bonds is 5. The second kappa shape index (κ2) is 5.89. The summed E-state index contributed by atoms with van der Waals surface area (Å²) < 4.78 is 0. The number of hydrogen-bond donors (Lipinski definition) is 1. The zero-order chi connectivity index (χ0) is 14.7. The quantitative estimate of drug-likeness (QED) is 0.510. The first-order chi connectivity index (χ1) is 10.3. The Morgan fingerprint density at radius 1 is 1.43 bits per heavy atom. The number of azide groups is 1. The topological polar surface area (TPSA) is 84.9 Å². The molecular formula is C15H17N5O. The molecule has 0 bridgehead atoms. The fourth-order valence-corrected chi connectivity index (χ4v) is 2.87. The lowest BCUT2D eigenvalue weighted by molar-refractivity contribution is -0.127. The van der Waals surface area contributed by atoms with Gasteiger partial charge in [0.05, 0.1) is 0 Å². The predicted octanol–water partition coefficient (Wildman–Crippen LogP) is 2.87. The second-order valence-corrected chi connectivity index (χ2v) is 5.47. The number of fused-ring (bicyclic) bond motifs is 1. The number of amides is 1. The minimum absolute atomic E-state index is 0.163. The largest absolute Gasteiger partial charge is 0.361 e. The van der Waals surface area contributed by atoms with E-state index in [1.165, 1.54) is 10.9 Å². The Balaban J connectivity index is 1.59. The first-order valence-electron chi connectivity index (χ1n) is 7.11. The summed E-state index contributed by atoms with van der Waals surface area (Å²) in [4.78, 5) is 19.7. The van der Waals surface area contributed by atoms with Crippen molar-refractivity contribution in [2.24, 2.45) is 11.0 Å². The van der Waals surface area contributed by atoms with Crippen LogP contribution in [-0.2, 0) is 11.2 Å².